The van der Waals surface area contributed by atoms with E-state index in [1.165, 1.54) is 0 Å². The summed E-state index contributed by atoms with van der Waals surface area (Å²) in [6.07, 6.45) is 2.55. The van der Waals surface area contributed by atoms with Crippen molar-refractivity contribution in [2.24, 2.45) is 0 Å². The molecule has 2 aromatic rings. The van der Waals surface area contributed by atoms with Crippen molar-refractivity contribution < 1.29 is 24.2 Å². The number of hydrogen-bond acceptors (Lipinski definition) is 6. The standard InChI is InChI=1S/C30H38N2O5/c1-6-18-36-23-12-10-22(11-13-23)27-26(29(34)30(35)32(27)17-16-31(8-3)9-4)28(33)25-15-14-24(20-21(25)5)37-19-7-2/h6,10-15,20,27,33H,1,7-9,16-19H2,2-5H3/t27-/m0/s1. The number of rotatable bonds is 13. The minimum atomic E-state index is -0.709. The number of amides is 1. The van der Waals surface area contributed by atoms with Crippen LogP contribution in [0.2, 0.25) is 0 Å². The van der Waals surface area contributed by atoms with Gasteiger partial charge >= 0.3 is 0 Å². The fourth-order valence-electron chi connectivity index (χ4n) is 4.50. The zero-order valence-electron chi connectivity index (χ0n) is 22.3. The first-order valence-electron chi connectivity index (χ1n) is 12.9. The van der Waals surface area contributed by atoms with Gasteiger partial charge in [-0.15, -0.1) is 0 Å². The van der Waals surface area contributed by atoms with Gasteiger partial charge in [0.05, 0.1) is 18.2 Å². The quantitative estimate of drug-likeness (QED) is 0.176. The third-order valence-electron chi connectivity index (χ3n) is 6.58. The lowest BCUT2D eigenvalue weighted by Gasteiger charge is -2.28. The number of aryl methyl sites for hydroxylation is 1. The lowest BCUT2D eigenvalue weighted by atomic mass is 9.94. The number of Topliss-reactive ketones (excluding diaryl/α,β-unsaturated/α-hetero) is 1. The average Bonchev–Trinajstić information content (AvgIpc) is 3.16. The van der Waals surface area contributed by atoms with E-state index in [-0.39, 0.29) is 11.3 Å². The molecule has 37 heavy (non-hydrogen) atoms. The van der Waals surface area contributed by atoms with Gasteiger partial charge in [-0.2, -0.15) is 0 Å². The Bertz CT molecular complexity index is 1140. The molecule has 0 bridgehead atoms. The van der Waals surface area contributed by atoms with Crippen LogP contribution in [0.5, 0.6) is 11.5 Å². The van der Waals surface area contributed by atoms with Crippen LogP contribution in [-0.2, 0) is 9.59 Å². The Hall–Kier alpha value is -3.58. The van der Waals surface area contributed by atoms with Crippen LogP contribution in [0.15, 0.2) is 60.7 Å². The third kappa shape index (κ3) is 6.41. The molecule has 1 atom stereocenters. The number of likely N-dealkylation sites (tertiary alicyclic amines) is 1. The van der Waals surface area contributed by atoms with Crippen molar-refractivity contribution >= 4 is 17.4 Å². The molecule has 0 unspecified atom stereocenters. The number of ether oxygens (including phenoxy) is 2. The lowest BCUT2D eigenvalue weighted by molar-refractivity contribution is -0.140. The zero-order valence-corrected chi connectivity index (χ0v) is 22.3. The maximum absolute atomic E-state index is 13.3. The minimum absolute atomic E-state index is 0.0923. The first-order valence-corrected chi connectivity index (χ1v) is 12.9. The van der Waals surface area contributed by atoms with Crippen LogP contribution < -0.4 is 9.47 Å². The van der Waals surface area contributed by atoms with Gasteiger partial charge in [-0.3, -0.25) is 9.59 Å². The van der Waals surface area contributed by atoms with Crippen molar-refractivity contribution in [1.82, 2.24) is 9.80 Å². The number of hydrogen-bond donors (Lipinski definition) is 1. The van der Waals surface area contributed by atoms with Crippen molar-refractivity contribution in [3.05, 3.63) is 77.4 Å². The van der Waals surface area contributed by atoms with E-state index in [1.807, 2.05) is 32.0 Å². The molecule has 0 aromatic heterocycles. The number of aliphatic hydroxyl groups excluding tert-OH is 1. The SMILES string of the molecule is C=CCOc1ccc([C@H]2C(=C(O)c3ccc(OCCC)cc3C)C(=O)C(=O)N2CCN(CC)CC)cc1. The van der Waals surface area contributed by atoms with E-state index in [0.717, 1.165) is 30.6 Å². The lowest BCUT2D eigenvalue weighted by Crippen LogP contribution is -2.38. The van der Waals surface area contributed by atoms with Gasteiger partial charge in [-0.25, -0.2) is 0 Å². The predicted molar refractivity (Wildman–Crippen MR) is 146 cm³/mol. The van der Waals surface area contributed by atoms with E-state index >= 15 is 0 Å². The largest absolute Gasteiger partial charge is 0.507 e. The number of benzene rings is 2. The van der Waals surface area contributed by atoms with Crippen molar-refractivity contribution in [1.29, 1.82) is 0 Å². The van der Waals surface area contributed by atoms with Crippen LogP contribution in [0.1, 0.15) is 49.9 Å². The summed E-state index contributed by atoms with van der Waals surface area (Å²) in [7, 11) is 0. The van der Waals surface area contributed by atoms with Gasteiger partial charge in [0.1, 0.15) is 23.9 Å². The van der Waals surface area contributed by atoms with Gasteiger partial charge in [-0.05, 0) is 67.9 Å². The molecule has 0 saturated carbocycles. The van der Waals surface area contributed by atoms with Crippen LogP contribution in [0, 0.1) is 6.92 Å². The molecule has 7 nitrogen and oxygen atoms in total. The molecule has 1 aliphatic heterocycles. The molecule has 3 rings (SSSR count). The second-order valence-electron chi connectivity index (χ2n) is 9.01. The summed E-state index contributed by atoms with van der Waals surface area (Å²) >= 11 is 0. The second-order valence-corrected chi connectivity index (χ2v) is 9.01. The third-order valence-corrected chi connectivity index (χ3v) is 6.58. The Morgan fingerprint density at radius 1 is 1.05 bits per heavy atom. The Kier molecular flexibility index (Phi) is 9.92. The van der Waals surface area contributed by atoms with Gasteiger partial charge in [-0.1, -0.05) is 45.6 Å². The van der Waals surface area contributed by atoms with Gasteiger partial charge in [0.15, 0.2) is 0 Å². The van der Waals surface area contributed by atoms with Crippen LogP contribution in [0.25, 0.3) is 5.76 Å². The van der Waals surface area contributed by atoms with E-state index in [2.05, 4.69) is 25.3 Å². The molecular formula is C30H38N2O5. The number of aliphatic hydroxyl groups is 1. The van der Waals surface area contributed by atoms with Crippen molar-refractivity contribution in [3.8, 4) is 11.5 Å². The summed E-state index contributed by atoms with van der Waals surface area (Å²) in [4.78, 5) is 30.4. The van der Waals surface area contributed by atoms with E-state index in [0.29, 0.717) is 43.4 Å². The Balaban J connectivity index is 2.06. The van der Waals surface area contributed by atoms with E-state index in [1.54, 1.807) is 35.2 Å². The first kappa shape index (κ1) is 28.0. The summed E-state index contributed by atoms with van der Waals surface area (Å²) in [5.74, 6) is -0.115. The molecule has 0 radical (unpaired) electrons. The Morgan fingerprint density at radius 3 is 2.32 bits per heavy atom. The molecule has 2 aromatic carbocycles. The maximum Gasteiger partial charge on any atom is 0.295 e. The minimum Gasteiger partial charge on any atom is -0.507 e. The number of likely N-dealkylation sites (N-methyl/N-ethyl adjacent to an activating group) is 1. The van der Waals surface area contributed by atoms with Crippen molar-refractivity contribution in [2.45, 2.75) is 40.2 Å². The number of carbonyl (C=O) groups excluding carboxylic acids is 2. The highest BCUT2D eigenvalue weighted by atomic mass is 16.5. The summed E-state index contributed by atoms with van der Waals surface area (Å²) in [5, 5.41) is 11.4. The monoisotopic (exact) mass is 506 g/mol. The highest BCUT2D eigenvalue weighted by Crippen LogP contribution is 2.40. The fourth-order valence-corrected chi connectivity index (χ4v) is 4.50. The van der Waals surface area contributed by atoms with Crippen molar-refractivity contribution in [2.75, 3.05) is 39.4 Å². The highest BCUT2D eigenvalue weighted by Gasteiger charge is 2.46. The van der Waals surface area contributed by atoms with Gasteiger partial charge in [0.2, 0.25) is 0 Å². The molecule has 1 fully saturated rings. The normalized spacial score (nSPS) is 16.9. The Labute approximate surface area is 220 Å². The molecule has 1 saturated heterocycles. The highest BCUT2D eigenvalue weighted by molar-refractivity contribution is 6.46. The van der Waals surface area contributed by atoms with Gasteiger partial charge in [0, 0.05) is 18.7 Å². The van der Waals surface area contributed by atoms with E-state index in [4.69, 9.17) is 9.47 Å². The predicted octanol–water partition coefficient (Wildman–Crippen LogP) is 5.11. The molecular weight excluding hydrogens is 468 g/mol. The molecule has 1 aliphatic rings. The summed E-state index contributed by atoms with van der Waals surface area (Å²) in [6.45, 7) is 15.3. The maximum atomic E-state index is 13.3. The average molecular weight is 507 g/mol. The van der Waals surface area contributed by atoms with Crippen LogP contribution in [0.3, 0.4) is 0 Å². The van der Waals surface area contributed by atoms with Gasteiger partial charge < -0.3 is 24.4 Å². The van der Waals surface area contributed by atoms with Crippen LogP contribution in [0.4, 0.5) is 0 Å². The molecule has 1 N–H and O–H groups in total. The first-order chi connectivity index (χ1) is 17.9. The number of nitrogens with zero attached hydrogens (tertiary/aromatic N) is 2. The zero-order chi connectivity index (χ0) is 26.9. The van der Waals surface area contributed by atoms with Gasteiger partial charge in [0.25, 0.3) is 11.7 Å². The molecule has 0 aliphatic carbocycles. The molecule has 198 valence electrons. The molecule has 7 heteroatoms. The van der Waals surface area contributed by atoms with Crippen molar-refractivity contribution in [3.63, 3.8) is 0 Å². The summed E-state index contributed by atoms with van der Waals surface area (Å²) < 4.78 is 11.3. The smallest absolute Gasteiger partial charge is 0.295 e. The topological polar surface area (TPSA) is 79.3 Å². The molecule has 1 heterocycles. The summed E-state index contributed by atoms with van der Waals surface area (Å²) in [6, 6.07) is 11.9. The summed E-state index contributed by atoms with van der Waals surface area (Å²) in [5.41, 5.74) is 2.08. The van der Waals surface area contributed by atoms with E-state index < -0.39 is 17.7 Å². The van der Waals surface area contributed by atoms with Crippen LogP contribution >= 0.6 is 0 Å². The molecule has 0 spiro atoms. The fraction of sp³-hybridized carbons (Fsp3) is 0.400. The van der Waals surface area contributed by atoms with Crippen LogP contribution in [-0.4, -0.2) is 66.0 Å². The Morgan fingerprint density at radius 2 is 1.73 bits per heavy atom. The second kappa shape index (κ2) is 13.1. The van der Waals surface area contributed by atoms with E-state index in [9.17, 15) is 14.7 Å². The number of carbonyl (C=O) groups is 2. The number of ketones is 1. The molecule has 1 amide bonds.